The van der Waals surface area contributed by atoms with Crippen LogP contribution in [0, 0.1) is 13.8 Å². The van der Waals surface area contributed by atoms with Gasteiger partial charge in [-0.1, -0.05) is 22.0 Å². The average molecular weight is 448 g/mol. The van der Waals surface area contributed by atoms with Crippen LogP contribution in [0.5, 0.6) is 0 Å². The van der Waals surface area contributed by atoms with E-state index in [0.29, 0.717) is 23.5 Å². The van der Waals surface area contributed by atoms with Crippen LogP contribution >= 0.6 is 15.9 Å². The number of anilines is 1. The van der Waals surface area contributed by atoms with Crippen molar-refractivity contribution in [2.75, 3.05) is 16.2 Å². The highest BCUT2D eigenvalue weighted by molar-refractivity contribution is 9.10. The van der Waals surface area contributed by atoms with E-state index in [2.05, 4.69) is 25.8 Å². The maximum atomic E-state index is 12.8. The van der Waals surface area contributed by atoms with Gasteiger partial charge in [0.1, 0.15) is 4.90 Å². The number of benzene rings is 1. The van der Waals surface area contributed by atoms with Gasteiger partial charge < -0.3 is 0 Å². The summed E-state index contributed by atoms with van der Waals surface area (Å²) in [7, 11) is -6.92. The molecule has 0 radical (unpaired) electrons. The van der Waals surface area contributed by atoms with Gasteiger partial charge in [-0.15, -0.1) is 0 Å². The van der Waals surface area contributed by atoms with Gasteiger partial charge in [-0.05, 0) is 38.5 Å². The number of hydrogen-bond acceptors (Lipinski definition) is 5. The second kappa shape index (κ2) is 6.40. The van der Waals surface area contributed by atoms with Crippen LogP contribution in [0.15, 0.2) is 33.6 Å². The molecule has 1 fully saturated rings. The van der Waals surface area contributed by atoms with E-state index in [-0.39, 0.29) is 22.4 Å². The predicted molar refractivity (Wildman–Crippen MR) is 99.0 cm³/mol. The van der Waals surface area contributed by atoms with E-state index in [1.165, 1.54) is 4.68 Å². The number of sulfone groups is 1. The largest absolute Gasteiger partial charge is 0.279 e. The quantitative estimate of drug-likeness (QED) is 0.775. The normalized spacial score (nSPS) is 19.9. The summed E-state index contributed by atoms with van der Waals surface area (Å²) in [5, 5.41) is 4.31. The van der Waals surface area contributed by atoms with Crippen molar-refractivity contribution < 1.29 is 16.8 Å². The van der Waals surface area contributed by atoms with Crippen LogP contribution in [-0.4, -0.2) is 38.1 Å². The molecule has 2 heterocycles. The Balaban J connectivity index is 1.97. The summed E-state index contributed by atoms with van der Waals surface area (Å²) in [4.78, 5) is 0.0942. The lowest BCUT2D eigenvalue weighted by Crippen LogP contribution is -2.17. The summed E-state index contributed by atoms with van der Waals surface area (Å²) < 4.78 is 53.9. The smallest absolute Gasteiger partial charge is 0.265 e. The third kappa shape index (κ3) is 3.75. The van der Waals surface area contributed by atoms with Gasteiger partial charge in [0.25, 0.3) is 10.0 Å². The Labute approximate surface area is 155 Å². The number of hydrogen-bond donors (Lipinski definition) is 1. The minimum absolute atomic E-state index is 0.00644. The Morgan fingerprint density at radius 1 is 1.32 bits per heavy atom. The lowest BCUT2D eigenvalue weighted by Gasteiger charge is -2.12. The molecule has 7 nitrogen and oxygen atoms in total. The Bertz CT molecular complexity index is 1030. The van der Waals surface area contributed by atoms with Crippen molar-refractivity contribution in [2.45, 2.75) is 31.2 Å². The zero-order valence-electron chi connectivity index (χ0n) is 13.7. The molecule has 0 spiro atoms. The van der Waals surface area contributed by atoms with Gasteiger partial charge in [0.05, 0.1) is 28.9 Å². The van der Waals surface area contributed by atoms with E-state index in [4.69, 9.17) is 0 Å². The first-order valence-corrected chi connectivity index (χ1v) is 11.7. The first-order valence-electron chi connectivity index (χ1n) is 7.63. The minimum atomic E-state index is -3.83. The topological polar surface area (TPSA) is 98.1 Å². The van der Waals surface area contributed by atoms with E-state index in [0.717, 1.165) is 4.47 Å². The van der Waals surface area contributed by atoms with Crippen molar-refractivity contribution in [2.24, 2.45) is 0 Å². The Hall–Kier alpha value is -1.39. The van der Waals surface area contributed by atoms with Crippen molar-refractivity contribution in [1.82, 2.24) is 9.78 Å². The number of rotatable bonds is 4. The van der Waals surface area contributed by atoms with Gasteiger partial charge in [0.2, 0.25) is 0 Å². The molecule has 10 heteroatoms. The van der Waals surface area contributed by atoms with Crippen LogP contribution in [0.1, 0.15) is 23.9 Å². The molecule has 0 saturated carbocycles. The second-order valence-electron chi connectivity index (χ2n) is 6.12. The first-order chi connectivity index (χ1) is 11.6. The van der Waals surface area contributed by atoms with Gasteiger partial charge in [-0.2, -0.15) is 5.10 Å². The molecule has 3 rings (SSSR count). The highest BCUT2D eigenvalue weighted by Crippen LogP contribution is 2.30. The molecule has 1 atom stereocenters. The Kier molecular flexibility index (Phi) is 4.71. The highest BCUT2D eigenvalue weighted by Gasteiger charge is 2.33. The molecular formula is C15H18BrN3O4S2. The van der Waals surface area contributed by atoms with Crippen molar-refractivity contribution in [1.29, 1.82) is 0 Å². The van der Waals surface area contributed by atoms with E-state index in [1.807, 2.05) is 0 Å². The molecule has 0 amide bonds. The maximum absolute atomic E-state index is 12.8. The molecule has 0 unspecified atom stereocenters. The van der Waals surface area contributed by atoms with Crippen molar-refractivity contribution in [3.05, 3.63) is 40.1 Å². The minimum Gasteiger partial charge on any atom is -0.279 e. The van der Waals surface area contributed by atoms with Crippen molar-refractivity contribution >= 4 is 41.5 Å². The fourth-order valence-corrected chi connectivity index (χ4v) is 6.66. The molecular weight excluding hydrogens is 430 g/mol. The van der Waals surface area contributed by atoms with Crippen LogP contribution in [0.25, 0.3) is 0 Å². The number of nitrogens with one attached hydrogen (secondary N) is 1. The lowest BCUT2D eigenvalue weighted by atomic mass is 10.2. The molecule has 0 aliphatic carbocycles. The van der Waals surface area contributed by atoms with Crippen LogP contribution in [-0.2, 0) is 19.9 Å². The molecule has 2 aromatic rings. The van der Waals surface area contributed by atoms with Gasteiger partial charge in [0, 0.05) is 10.2 Å². The maximum Gasteiger partial charge on any atom is 0.265 e. The summed E-state index contributed by atoms with van der Waals surface area (Å²) in [5.74, 6) is 0.0991. The summed E-state index contributed by atoms with van der Waals surface area (Å²) in [6, 6.07) is 6.52. The van der Waals surface area contributed by atoms with Gasteiger partial charge >= 0.3 is 0 Å². The van der Waals surface area contributed by atoms with Gasteiger partial charge in [0.15, 0.2) is 9.84 Å². The Morgan fingerprint density at radius 2 is 2.04 bits per heavy atom. The molecule has 1 aromatic carbocycles. The van der Waals surface area contributed by atoms with Gasteiger partial charge in [-0.25, -0.2) is 16.8 Å². The summed E-state index contributed by atoms with van der Waals surface area (Å²) in [6.45, 7) is 3.27. The van der Waals surface area contributed by atoms with Crippen LogP contribution in [0.3, 0.4) is 0 Å². The van der Waals surface area contributed by atoms with E-state index >= 15 is 0 Å². The van der Waals surface area contributed by atoms with Crippen molar-refractivity contribution in [3.8, 4) is 0 Å². The molecule has 25 heavy (non-hydrogen) atoms. The monoisotopic (exact) mass is 447 g/mol. The zero-order valence-corrected chi connectivity index (χ0v) is 16.9. The average Bonchev–Trinajstić information content (AvgIpc) is 2.98. The Morgan fingerprint density at radius 3 is 2.64 bits per heavy atom. The highest BCUT2D eigenvalue weighted by atomic mass is 79.9. The van der Waals surface area contributed by atoms with Crippen LogP contribution in [0.2, 0.25) is 0 Å². The molecule has 1 N–H and O–H groups in total. The molecule has 1 saturated heterocycles. The summed E-state index contributed by atoms with van der Waals surface area (Å²) in [6.07, 6.45) is 0.447. The summed E-state index contributed by atoms with van der Waals surface area (Å²) >= 11 is 3.31. The van der Waals surface area contributed by atoms with E-state index in [1.54, 1.807) is 38.1 Å². The molecule has 1 aliphatic heterocycles. The van der Waals surface area contributed by atoms with E-state index < -0.39 is 19.9 Å². The number of aryl methyl sites for hydroxylation is 1. The van der Waals surface area contributed by atoms with Crippen molar-refractivity contribution in [3.63, 3.8) is 0 Å². The van der Waals surface area contributed by atoms with Gasteiger partial charge in [-0.3, -0.25) is 9.40 Å². The van der Waals surface area contributed by atoms with Crippen LogP contribution in [0.4, 0.5) is 5.69 Å². The molecule has 1 aliphatic rings. The number of halogens is 1. The zero-order chi connectivity index (χ0) is 18.4. The van der Waals surface area contributed by atoms with E-state index in [9.17, 15) is 16.8 Å². The third-order valence-electron chi connectivity index (χ3n) is 4.16. The molecule has 136 valence electrons. The second-order valence-corrected chi connectivity index (χ2v) is 10.9. The molecule has 0 bridgehead atoms. The number of aromatic nitrogens is 2. The van der Waals surface area contributed by atoms with Crippen LogP contribution < -0.4 is 4.72 Å². The first kappa shape index (κ1) is 18.4. The standard InChI is InChI=1S/C15H18BrN3O4S2/c1-10-15(25(22,23)18-13-5-3-4-12(16)8-13)11(2)19(17-10)14-6-7-24(20,21)9-14/h3-5,8,14,18H,6-7,9H2,1-2H3/t14-/m1/s1. The number of nitrogens with zero attached hydrogens (tertiary/aromatic N) is 2. The SMILES string of the molecule is Cc1nn([C@@H]2CCS(=O)(=O)C2)c(C)c1S(=O)(=O)Nc1cccc(Br)c1. The fraction of sp³-hybridized carbons (Fsp3) is 0.400. The third-order valence-corrected chi connectivity index (χ3v) is 8.03. The fourth-order valence-electron chi connectivity index (χ4n) is 3.12. The predicted octanol–water partition coefficient (Wildman–Crippen LogP) is 2.42. The number of sulfonamides is 1. The molecule has 1 aromatic heterocycles. The lowest BCUT2D eigenvalue weighted by molar-refractivity contribution is 0.484. The summed E-state index contributed by atoms with van der Waals surface area (Å²) in [5.41, 5.74) is 1.23.